The fraction of sp³-hybridized carbons (Fsp3) is 0.500. The van der Waals surface area contributed by atoms with Gasteiger partial charge in [0.25, 0.3) is 5.91 Å². The molecule has 0 aliphatic heterocycles. The van der Waals surface area contributed by atoms with Gasteiger partial charge in [0.15, 0.2) is 5.13 Å². The first-order valence-corrected chi connectivity index (χ1v) is 15.3. The molecule has 0 bridgehead atoms. The Morgan fingerprint density at radius 3 is 2.16 bits per heavy atom. The molecule has 1 amide bonds. The number of ether oxygens (including phenoxy) is 1. The van der Waals surface area contributed by atoms with Crippen molar-refractivity contribution in [1.82, 2.24) is 14.2 Å². The van der Waals surface area contributed by atoms with E-state index in [1.54, 1.807) is 21.3 Å². The zero-order valence-electron chi connectivity index (χ0n) is 23.5. The fourth-order valence-corrected chi connectivity index (χ4v) is 6.82. The van der Waals surface area contributed by atoms with Crippen LogP contribution < -0.4 is 9.64 Å². The van der Waals surface area contributed by atoms with Gasteiger partial charge in [0.2, 0.25) is 10.0 Å². The minimum absolute atomic E-state index is 0.191. The van der Waals surface area contributed by atoms with Crippen LogP contribution in [0.15, 0.2) is 47.4 Å². The van der Waals surface area contributed by atoms with E-state index >= 15 is 0 Å². The number of aromatic nitrogens is 1. The van der Waals surface area contributed by atoms with Gasteiger partial charge in [0.05, 0.1) is 16.2 Å². The van der Waals surface area contributed by atoms with Gasteiger partial charge in [-0.3, -0.25) is 9.69 Å². The first kappa shape index (κ1) is 30.0. The van der Waals surface area contributed by atoms with Crippen LogP contribution in [0.3, 0.4) is 0 Å². The van der Waals surface area contributed by atoms with Gasteiger partial charge in [-0.25, -0.2) is 13.4 Å². The van der Waals surface area contributed by atoms with Crippen LogP contribution >= 0.6 is 11.3 Å². The molecule has 0 saturated carbocycles. The Morgan fingerprint density at radius 1 is 0.974 bits per heavy atom. The standard InChI is InChI=1S/C28H40N4O4S2/c1-8-36-24-10-9-11-25-26(24)29-28(37-25)32(17-16-30(6)7)27(33)22-12-14-23(15-13-22)38(34,35)31(18-20(2)3)19-21(4)5/h9-15,20-21H,8,16-19H2,1-7H3. The summed E-state index contributed by atoms with van der Waals surface area (Å²) in [6, 6.07) is 12.0. The molecule has 0 unspecified atom stereocenters. The average molecular weight is 561 g/mol. The lowest BCUT2D eigenvalue weighted by atomic mass is 10.2. The third-order valence-electron chi connectivity index (χ3n) is 5.79. The number of likely N-dealkylation sites (N-methyl/N-ethyl adjacent to an activating group) is 1. The maximum Gasteiger partial charge on any atom is 0.260 e. The molecule has 0 N–H and O–H groups in total. The van der Waals surface area contributed by atoms with Crippen molar-refractivity contribution in [3.8, 4) is 5.75 Å². The molecule has 3 rings (SSSR count). The summed E-state index contributed by atoms with van der Waals surface area (Å²) >= 11 is 1.44. The summed E-state index contributed by atoms with van der Waals surface area (Å²) in [4.78, 5) is 22.3. The topological polar surface area (TPSA) is 83.0 Å². The van der Waals surface area contributed by atoms with Gasteiger partial charge in [0.1, 0.15) is 11.3 Å². The van der Waals surface area contributed by atoms with Crippen LogP contribution in [-0.2, 0) is 10.0 Å². The number of sulfonamides is 1. The number of fused-ring (bicyclic) bond motifs is 1. The van der Waals surface area contributed by atoms with Gasteiger partial charge in [-0.05, 0) is 69.3 Å². The summed E-state index contributed by atoms with van der Waals surface area (Å²) < 4.78 is 35.0. The van der Waals surface area contributed by atoms with E-state index in [1.165, 1.54) is 23.5 Å². The highest BCUT2D eigenvalue weighted by atomic mass is 32.2. The summed E-state index contributed by atoms with van der Waals surface area (Å²) in [6.45, 7) is 12.4. The molecule has 8 nitrogen and oxygen atoms in total. The molecule has 0 spiro atoms. The molecule has 0 aliphatic carbocycles. The van der Waals surface area contributed by atoms with E-state index in [0.29, 0.717) is 49.2 Å². The van der Waals surface area contributed by atoms with Crippen LogP contribution in [0.5, 0.6) is 5.75 Å². The minimum atomic E-state index is -3.68. The van der Waals surface area contributed by atoms with Crippen LogP contribution in [0.4, 0.5) is 5.13 Å². The molecular weight excluding hydrogens is 520 g/mol. The maximum atomic E-state index is 13.7. The molecule has 2 aromatic carbocycles. The lowest BCUT2D eigenvalue weighted by molar-refractivity contribution is 0.0985. The number of thiazole rings is 1. The zero-order valence-corrected chi connectivity index (χ0v) is 25.1. The van der Waals surface area contributed by atoms with Crippen LogP contribution in [0.25, 0.3) is 10.2 Å². The maximum absolute atomic E-state index is 13.7. The summed E-state index contributed by atoms with van der Waals surface area (Å²) in [6.07, 6.45) is 0. The van der Waals surface area contributed by atoms with Crippen molar-refractivity contribution < 1.29 is 17.9 Å². The Labute approximate surface area is 231 Å². The highest BCUT2D eigenvalue weighted by molar-refractivity contribution is 7.89. The Kier molecular flexibility index (Phi) is 10.3. The molecule has 1 aromatic heterocycles. The number of hydrogen-bond donors (Lipinski definition) is 0. The number of nitrogens with zero attached hydrogens (tertiary/aromatic N) is 4. The highest BCUT2D eigenvalue weighted by Crippen LogP contribution is 2.35. The van der Waals surface area contributed by atoms with Gasteiger partial charge < -0.3 is 9.64 Å². The molecule has 0 fully saturated rings. The van der Waals surface area contributed by atoms with E-state index in [9.17, 15) is 13.2 Å². The monoisotopic (exact) mass is 560 g/mol. The first-order chi connectivity index (χ1) is 17.9. The Balaban J connectivity index is 1.94. The number of anilines is 1. The van der Waals surface area contributed by atoms with Crippen molar-refractivity contribution in [2.24, 2.45) is 11.8 Å². The molecule has 0 saturated heterocycles. The third kappa shape index (κ3) is 7.31. The van der Waals surface area contributed by atoms with Crippen LogP contribution in [0.1, 0.15) is 45.0 Å². The lowest BCUT2D eigenvalue weighted by Crippen LogP contribution is -2.37. The van der Waals surface area contributed by atoms with Crippen LogP contribution in [-0.4, -0.2) is 75.4 Å². The number of hydrogen-bond acceptors (Lipinski definition) is 7. The molecule has 0 atom stereocenters. The quantitative estimate of drug-likeness (QED) is 0.286. The highest BCUT2D eigenvalue weighted by Gasteiger charge is 2.27. The lowest BCUT2D eigenvalue weighted by Gasteiger charge is -2.26. The van der Waals surface area contributed by atoms with Crippen molar-refractivity contribution in [2.75, 3.05) is 51.8 Å². The first-order valence-electron chi connectivity index (χ1n) is 13.0. The SMILES string of the molecule is CCOc1cccc2sc(N(CCN(C)C)C(=O)c3ccc(S(=O)(=O)N(CC(C)C)CC(C)C)cc3)nc12. The molecule has 208 valence electrons. The second-order valence-corrected chi connectivity index (χ2v) is 13.4. The third-order valence-corrected chi connectivity index (χ3v) is 8.68. The van der Waals surface area contributed by atoms with Crippen LogP contribution in [0.2, 0.25) is 0 Å². The van der Waals surface area contributed by atoms with E-state index in [2.05, 4.69) is 0 Å². The van der Waals surface area contributed by atoms with E-state index in [4.69, 9.17) is 9.72 Å². The normalized spacial score (nSPS) is 12.3. The minimum Gasteiger partial charge on any atom is -0.492 e. The van der Waals surface area contributed by atoms with Crippen molar-refractivity contribution in [3.63, 3.8) is 0 Å². The molecule has 0 aliphatic rings. The van der Waals surface area contributed by atoms with E-state index in [-0.39, 0.29) is 22.6 Å². The number of carbonyl (C=O) groups is 1. The Morgan fingerprint density at radius 2 is 1.61 bits per heavy atom. The fourth-order valence-electron chi connectivity index (χ4n) is 4.04. The second-order valence-electron chi connectivity index (χ2n) is 10.4. The summed E-state index contributed by atoms with van der Waals surface area (Å²) in [5.74, 6) is 0.863. The predicted molar refractivity (Wildman–Crippen MR) is 156 cm³/mol. The van der Waals surface area contributed by atoms with Gasteiger partial charge in [0, 0.05) is 31.7 Å². The average Bonchev–Trinajstić information content (AvgIpc) is 3.28. The molecule has 10 heteroatoms. The second kappa shape index (κ2) is 13.0. The molecular formula is C28H40N4O4S2. The molecule has 3 aromatic rings. The van der Waals surface area contributed by atoms with Gasteiger partial charge in [-0.2, -0.15) is 4.31 Å². The Bertz CT molecular complexity index is 1310. The Hall–Kier alpha value is -2.53. The van der Waals surface area contributed by atoms with Crippen molar-refractivity contribution in [2.45, 2.75) is 39.5 Å². The van der Waals surface area contributed by atoms with Crippen molar-refractivity contribution >= 4 is 42.6 Å². The summed E-state index contributed by atoms with van der Waals surface area (Å²) in [5.41, 5.74) is 1.14. The van der Waals surface area contributed by atoms with Gasteiger partial charge >= 0.3 is 0 Å². The summed E-state index contributed by atoms with van der Waals surface area (Å²) in [7, 11) is 0.227. The molecule has 0 radical (unpaired) electrons. The summed E-state index contributed by atoms with van der Waals surface area (Å²) in [5, 5.41) is 0.579. The van der Waals surface area contributed by atoms with E-state index in [1.807, 2.05) is 71.8 Å². The van der Waals surface area contributed by atoms with E-state index in [0.717, 1.165) is 10.2 Å². The number of para-hydroxylation sites is 1. The largest absolute Gasteiger partial charge is 0.492 e. The van der Waals surface area contributed by atoms with Crippen molar-refractivity contribution in [1.29, 1.82) is 0 Å². The molecule has 38 heavy (non-hydrogen) atoms. The number of carbonyl (C=O) groups excluding carboxylic acids is 1. The smallest absolute Gasteiger partial charge is 0.260 e. The zero-order chi connectivity index (χ0) is 28.0. The predicted octanol–water partition coefficient (Wildman–Crippen LogP) is 5.21. The number of amides is 1. The number of benzene rings is 2. The van der Waals surface area contributed by atoms with Crippen molar-refractivity contribution in [3.05, 3.63) is 48.0 Å². The van der Waals surface area contributed by atoms with E-state index < -0.39 is 10.0 Å². The van der Waals surface area contributed by atoms with Gasteiger partial charge in [-0.1, -0.05) is 45.1 Å². The molecule has 1 heterocycles. The van der Waals surface area contributed by atoms with Crippen LogP contribution in [0, 0.1) is 11.8 Å². The number of rotatable bonds is 13. The van der Waals surface area contributed by atoms with Gasteiger partial charge in [-0.15, -0.1) is 0 Å².